The van der Waals surface area contributed by atoms with Crippen molar-refractivity contribution >= 4 is 40.7 Å². The molecule has 0 radical (unpaired) electrons. The third-order valence-corrected chi connectivity index (χ3v) is 4.27. The quantitative estimate of drug-likeness (QED) is 0.700. The van der Waals surface area contributed by atoms with Gasteiger partial charge in [0.15, 0.2) is 5.78 Å². The van der Waals surface area contributed by atoms with Gasteiger partial charge < -0.3 is 0 Å². The van der Waals surface area contributed by atoms with Crippen LogP contribution in [0, 0.1) is 5.92 Å². The Hall–Kier alpha value is -0.180. The molecule has 0 aliphatic carbocycles. The van der Waals surface area contributed by atoms with Gasteiger partial charge in [0, 0.05) is 33.0 Å². The molecule has 1 unspecified atom stereocenters. The molecule has 1 aliphatic heterocycles. The molecular weight excluding hydrogens is 251 g/mol. The highest BCUT2D eigenvalue weighted by atomic mass is 35.5. The summed E-state index contributed by atoms with van der Waals surface area (Å²) in [5.41, 5.74) is 1.63. The second-order valence-electron chi connectivity index (χ2n) is 3.69. The summed E-state index contributed by atoms with van der Waals surface area (Å²) in [5.74, 6) is 1.84. The van der Waals surface area contributed by atoms with Crippen LogP contribution < -0.4 is 0 Å². The Kier molecular flexibility index (Phi) is 3.29. The van der Waals surface area contributed by atoms with E-state index < -0.39 is 0 Å². The first kappa shape index (κ1) is 11.3. The molecular formula is C11H10Cl2OS. The van der Waals surface area contributed by atoms with Gasteiger partial charge >= 0.3 is 0 Å². The molecule has 15 heavy (non-hydrogen) atoms. The fraction of sp³-hybridized carbons (Fsp3) is 0.364. The molecule has 4 heteroatoms. The van der Waals surface area contributed by atoms with Gasteiger partial charge in [-0.2, -0.15) is 11.8 Å². The van der Waals surface area contributed by atoms with E-state index in [9.17, 15) is 4.79 Å². The van der Waals surface area contributed by atoms with Crippen LogP contribution in [0.4, 0.5) is 0 Å². The Labute approximate surface area is 103 Å². The molecule has 1 aromatic rings. The lowest BCUT2D eigenvalue weighted by Gasteiger charge is -2.08. The predicted molar refractivity (Wildman–Crippen MR) is 66.1 cm³/mol. The van der Waals surface area contributed by atoms with Gasteiger partial charge in [-0.25, -0.2) is 0 Å². The lowest BCUT2D eigenvalue weighted by atomic mass is 9.97. The molecule has 0 saturated carbocycles. The van der Waals surface area contributed by atoms with E-state index in [0.29, 0.717) is 15.6 Å². The van der Waals surface area contributed by atoms with Crippen molar-refractivity contribution in [1.29, 1.82) is 0 Å². The second kappa shape index (κ2) is 4.36. The van der Waals surface area contributed by atoms with Gasteiger partial charge in [-0.15, -0.1) is 0 Å². The zero-order valence-corrected chi connectivity index (χ0v) is 10.5. The number of ketones is 1. The number of Topliss-reactive ketones (excluding diaryl/α,β-unsaturated/α-hetero) is 1. The molecule has 1 aromatic carbocycles. The van der Waals surface area contributed by atoms with E-state index in [1.807, 2.05) is 6.92 Å². The third kappa shape index (κ3) is 2.17. The van der Waals surface area contributed by atoms with E-state index in [1.165, 1.54) is 0 Å². The molecule has 1 aliphatic rings. The minimum atomic E-state index is 0.0470. The highest BCUT2D eigenvalue weighted by Gasteiger charge is 2.24. The summed E-state index contributed by atoms with van der Waals surface area (Å²) in [4.78, 5) is 12.0. The zero-order valence-electron chi connectivity index (χ0n) is 8.22. The van der Waals surface area contributed by atoms with Crippen LogP contribution >= 0.6 is 35.0 Å². The average molecular weight is 261 g/mol. The number of fused-ring (bicyclic) bond motifs is 1. The fourth-order valence-electron chi connectivity index (χ4n) is 1.65. The minimum absolute atomic E-state index is 0.0470. The van der Waals surface area contributed by atoms with Crippen molar-refractivity contribution in [3.63, 3.8) is 0 Å². The summed E-state index contributed by atoms with van der Waals surface area (Å²) in [6.45, 7) is 1.94. The van der Waals surface area contributed by atoms with Crippen molar-refractivity contribution in [3.8, 4) is 0 Å². The molecule has 0 bridgehead atoms. The van der Waals surface area contributed by atoms with Gasteiger partial charge in [0.25, 0.3) is 0 Å². The van der Waals surface area contributed by atoms with Crippen LogP contribution in [-0.4, -0.2) is 11.5 Å². The molecule has 0 spiro atoms. The first-order valence-corrected chi connectivity index (χ1v) is 6.60. The summed E-state index contributed by atoms with van der Waals surface area (Å²) >= 11 is 13.7. The SMILES string of the molecule is CC1CSCc2c(Cl)cc(Cl)cc2C1=O. The summed E-state index contributed by atoms with van der Waals surface area (Å²) < 4.78 is 0. The summed E-state index contributed by atoms with van der Waals surface area (Å²) in [7, 11) is 0. The van der Waals surface area contributed by atoms with E-state index in [1.54, 1.807) is 23.9 Å². The maximum Gasteiger partial charge on any atom is 0.166 e. The first-order valence-electron chi connectivity index (χ1n) is 4.69. The monoisotopic (exact) mass is 260 g/mol. The summed E-state index contributed by atoms with van der Waals surface area (Å²) in [5, 5.41) is 1.14. The maximum absolute atomic E-state index is 12.0. The van der Waals surface area contributed by atoms with Crippen molar-refractivity contribution in [2.45, 2.75) is 12.7 Å². The van der Waals surface area contributed by atoms with E-state index in [2.05, 4.69) is 0 Å². The maximum atomic E-state index is 12.0. The lowest BCUT2D eigenvalue weighted by molar-refractivity contribution is 0.0942. The summed E-state index contributed by atoms with van der Waals surface area (Å²) in [6, 6.07) is 3.43. The van der Waals surface area contributed by atoms with Gasteiger partial charge in [-0.3, -0.25) is 4.79 Å². The molecule has 1 atom stereocenters. The Morgan fingerprint density at radius 2 is 2.13 bits per heavy atom. The average Bonchev–Trinajstić information content (AvgIpc) is 2.30. The largest absolute Gasteiger partial charge is 0.294 e. The van der Waals surface area contributed by atoms with E-state index in [0.717, 1.165) is 17.1 Å². The number of halogens is 2. The van der Waals surface area contributed by atoms with Crippen LogP contribution in [0.3, 0.4) is 0 Å². The van der Waals surface area contributed by atoms with Crippen molar-refractivity contribution in [2.24, 2.45) is 5.92 Å². The molecule has 0 aromatic heterocycles. The number of thioether (sulfide) groups is 1. The molecule has 1 nitrogen and oxygen atoms in total. The van der Waals surface area contributed by atoms with E-state index in [4.69, 9.17) is 23.2 Å². The van der Waals surface area contributed by atoms with Crippen molar-refractivity contribution in [2.75, 3.05) is 5.75 Å². The Balaban J connectivity index is 2.58. The minimum Gasteiger partial charge on any atom is -0.294 e. The topological polar surface area (TPSA) is 17.1 Å². The molecule has 80 valence electrons. The van der Waals surface area contributed by atoms with Crippen LogP contribution in [0.5, 0.6) is 0 Å². The highest BCUT2D eigenvalue weighted by Crippen LogP contribution is 2.33. The van der Waals surface area contributed by atoms with E-state index >= 15 is 0 Å². The lowest BCUT2D eigenvalue weighted by Crippen LogP contribution is -2.12. The number of benzene rings is 1. The normalized spacial score (nSPS) is 21.0. The number of hydrogen-bond acceptors (Lipinski definition) is 2. The molecule has 0 saturated heterocycles. The Bertz CT molecular complexity index is 417. The van der Waals surface area contributed by atoms with Gasteiger partial charge in [0.05, 0.1) is 0 Å². The third-order valence-electron chi connectivity index (χ3n) is 2.49. The van der Waals surface area contributed by atoms with Gasteiger partial charge in [0.2, 0.25) is 0 Å². The first-order chi connectivity index (χ1) is 7.09. The van der Waals surface area contributed by atoms with Crippen molar-refractivity contribution in [3.05, 3.63) is 33.3 Å². The van der Waals surface area contributed by atoms with Crippen LogP contribution in [0.15, 0.2) is 12.1 Å². The number of carbonyl (C=O) groups excluding carboxylic acids is 1. The second-order valence-corrected chi connectivity index (χ2v) is 5.57. The highest BCUT2D eigenvalue weighted by molar-refractivity contribution is 7.98. The fourth-order valence-corrected chi connectivity index (χ4v) is 3.43. The molecule has 0 N–H and O–H groups in total. The summed E-state index contributed by atoms with van der Waals surface area (Å²) in [6.07, 6.45) is 0. The van der Waals surface area contributed by atoms with Crippen LogP contribution in [0.25, 0.3) is 0 Å². The standard InChI is InChI=1S/C11H10Cl2OS/c1-6-4-15-5-9-8(11(6)14)2-7(12)3-10(9)13/h2-3,6H,4-5H2,1H3. The van der Waals surface area contributed by atoms with Crippen LogP contribution in [0.2, 0.25) is 10.0 Å². The number of hydrogen-bond donors (Lipinski definition) is 0. The number of rotatable bonds is 0. The number of carbonyl (C=O) groups is 1. The predicted octanol–water partition coefficient (Wildman–Crippen LogP) is 4.06. The van der Waals surface area contributed by atoms with Gasteiger partial charge in [-0.05, 0) is 17.7 Å². The van der Waals surface area contributed by atoms with Gasteiger partial charge in [0.1, 0.15) is 0 Å². The van der Waals surface area contributed by atoms with Gasteiger partial charge in [-0.1, -0.05) is 30.1 Å². The zero-order chi connectivity index (χ0) is 11.0. The van der Waals surface area contributed by atoms with E-state index in [-0.39, 0.29) is 11.7 Å². The molecule has 2 rings (SSSR count). The van der Waals surface area contributed by atoms with Crippen LogP contribution in [0.1, 0.15) is 22.8 Å². The van der Waals surface area contributed by atoms with Crippen molar-refractivity contribution in [1.82, 2.24) is 0 Å². The Morgan fingerprint density at radius 1 is 1.40 bits per heavy atom. The molecule has 1 heterocycles. The smallest absolute Gasteiger partial charge is 0.166 e. The Morgan fingerprint density at radius 3 is 2.87 bits per heavy atom. The molecule has 0 amide bonds. The molecule has 0 fully saturated rings. The van der Waals surface area contributed by atoms with Crippen LogP contribution in [-0.2, 0) is 5.75 Å². The van der Waals surface area contributed by atoms with Crippen molar-refractivity contribution < 1.29 is 4.79 Å².